The average Bonchev–Trinajstić information content (AvgIpc) is 2.53. The number of ether oxygens (including phenoxy) is 1. The quantitative estimate of drug-likeness (QED) is 0.825. The number of pyridine rings is 1. The number of aliphatic hydroxyl groups excluding tert-OH is 1. The van der Waals surface area contributed by atoms with Crippen molar-refractivity contribution in [3.63, 3.8) is 0 Å². The number of piperidine rings is 1. The molecule has 0 aromatic carbocycles. The maximum atomic E-state index is 8.76. The van der Waals surface area contributed by atoms with Crippen molar-refractivity contribution in [1.29, 1.82) is 0 Å². The second-order valence-electron chi connectivity index (χ2n) is 5.24. The summed E-state index contributed by atoms with van der Waals surface area (Å²) >= 11 is 0. The molecular weight excluding hydrogens is 254 g/mol. The van der Waals surface area contributed by atoms with E-state index in [1.807, 2.05) is 12.3 Å². The molecule has 1 atom stereocenters. The van der Waals surface area contributed by atoms with E-state index >= 15 is 0 Å². The van der Waals surface area contributed by atoms with E-state index < -0.39 is 0 Å². The van der Waals surface area contributed by atoms with E-state index in [2.05, 4.69) is 22.9 Å². The van der Waals surface area contributed by atoms with Gasteiger partial charge in [0.1, 0.15) is 0 Å². The third-order valence-electron chi connectivity index (χ3n) is 3.84. The Kier molecular flexibility index (Phi) is 5.76. The fourth-order valence-electron chi connectivity index (χ4n) is 2.51. The van der Waals surface area contributed by atoms with Crippen LogP contribution in [0.1, 0.15) is 37.9 Å². The lowest BCUT2D eigenvalue weighted by Crippen LogP contribution is -2.37. The number of aliphatic hydroxyl groups is 1. The van der Waals surface area contributed by atoms with Gasteiger partial charge in [-0.1, -0.05) is 6.92 Å². The summed E-state index contributed by atoms with van der Waals surface area (Å²) in [6.45, 7) is 4.55. The molecule has 0 unspecified atom stereocenters. The van der Waals surface area contributed by atoms with Gasteiger partial charge in [0.25, 0.3) is 0 Å². The smallest absolute Gasteiger partial charge is 0.0701 e. The first kappa shape index (κ1) is 15.2. The fraction of sp³-hybridized carbons (Fsp3) is 0.667. The molecule has 112 valence electrons. The van der Waals surface area contributed by atoms with E-state index in [1.54, 1.807) is 0 Å². The maximum absolute atomic E-state index is 8.76. The number of hydrogen-bond acceptors (Lipinski definition) is 5. The molecule has 0 spiro atoms. The van der Waals surface area contributed by atoms with Crippen LogP contribution < -0.4 is 10.6 Å². The molecule has 5 heteroatoms. The van der Waals surface area contributed by atoms with Crippen LogP contribution >= 0.6 is 0 Å². The third-order valence-corrected chi connectivity index (χ3v) is 3.84. The van der Waals surface area contributed by atoms with Gasteiger partial charge in [-0.05, 0) is 31.4 Å². The highest BCUT2D eigenvalue weighted by Gasteiger charge is 2.20. The Hall–Kier alpha value is -1.17. The van der Waals surface area contributed by atoms with E-state index in [0.717, 1.165) is 43.7 Å². The predicted octanol–water partition coefficient (Wildman–Crippen LogP) is 1.47. The standard InChI is InChI=1S/C15H25N3O2/c1-2-14(16)15-4-3-12(11-17-15)18-7-5-13(6-8-18)20-10-9-19/h3-4,11,13-14,19H,2,5-10,16H2,1H3/t14-/m1/s1. The predicted molar refractivity (Wildman–Crippen MR) is 79.7 cm³/mol. The summed E-state index contributed by atoms with van der Waals surface area (Å²) in [5.41, 5.74) is 8.08. The monoisotopic (exact) mass is 279 g/mol. The molecule has 20 heavy (non-hydrogen) atoms. The Labute approximate surface area is 120 Å². The van der Waals surface area contributed by atoms with Crippen LogP contribution in [0.2, 0.25) is 0 Å². The Morgan fingerprint density at radius 3 is 2.75 bits per heavy atom. The van der Waals surface area contributed by atoms with Crippen molar-refractivity contribution in [2.45, 2.75) is 38.3 Å². The van der Waals surface area contributed by atoms with Crippen molar-refractivity contribution in [3.05, 3.63) is 24.0 Å². The first-order valence-corrected chi connectivity index (χ1v) is 7.43. The molecule has 3 N–H and O–H groups in total. The molecule has 0 radical (unpaired) electrons. The van der Waals surface area contributed by atoms with E-state index in [-0.39, 0.29) is 18.8 Å². The molecule has 0 bridgehead atoms. The summed E-state index contributed by atoms with van der Waals surface area (Å²) in [5, 5.41) is 8.76. The highest BCUT2D eigenvalue weighted by molar-refractivity contribution is 5.45. The molecule has 1 aromatic rings. The van der Waals surface area contributed by atoms with E-state index in [9.17, 15) is 0 Å². The van der Waals surface area contributed by atoms with Gasteiger partial charge in [-0.3, -0.25) is 4.98 Å². The first-order valence-electron chi connectivity index (χ1n) is 7.43. The van der Waals surface area contributed by atoms with Crippen LogP contribution in [0.4, 0.5) is 5.69 Å². The number of anilines is 1. The van der Waals surface area contributed by atoms with Crippen LogP contribution in [0.15, 0.2) is 18.3 Å². The lowest BCUT2D eigenvalue weighted by Gasteiger charge is -2.33. The molecule has 0 amide bonds. The lowest BCUT2D eigenvalue weighted by atomic mass is 10.1. The Bertz CT molecular complexity index is 389. The SMILES string of the molecule is CC[C@@H](N)c1ccc(N2CCC(OCCO)CC2)cn1. The molecule has 1 saturated heterocycles. The summed E-state index contributed by atoms with van der Waals surface area (Å²) in [4.78, 5) is 6.79. The average molecular weight is 279 g/mol. The van der Waals surface area contributed by atoms with Crippen molar-refractivity contribution in [2.75, 3.05) is 31.2 Å². The number of nitrogens with two attached hydrogens (primary N) is 1. The van der Waals surface area contributed by atoms with Crippen molar-refractivity contribution in [2.24, 2.45) is 5.73 Å². The van der Waals surface area contributed by atoms with Gasteiger partial charge < -0.3 is 20.5 Å². The third kappa shape index (κ3) is 3.91. The van der Waals surface area contributed by atoms with Gasteiger partial charge in [-0.25, -0.2) is 0 Å². The van der Waals surface area contributed by atoms with Gasteiger partial charge in [0.15, 0.2) is 0 Å². The first-order chi connectivity index (χ1) is 9.74. The molecule has 1 fully saturated rings. The summed E-state index contributed by atoms with van der Waals surface area (Å²) in [5.74, 6) is 0. The molecule has 1 aliphatic heterocycles. The van der Waals surface area contributed by atoms with Gasteiger partial charge >= 0.3 is 0 Å². The Morgan fingerprint density at radius 1 is 1.45 bits per heavy atom. The van der Waals surface area contributed by atoms with Crippen molar-refractivity contribution in [3.8, 4) is 0 Å². The Morgan fingerprint density at radius 2 is 2.20 bits per heavy atom. The summed E-state index contributed by atoms with van der Waals surface area (Å²) < 4.78 is 5.57. The van der Waals surface area contributed by atoms with Gasteiger partial charge in [0.2, 0.25) is 0 Å². The summed E-state index contributed by atoms with van der Waals surface area (Å²) in [6, 6.07) is 4.16. The zero-order valence-corrected chi connectivity index (χ0v) is 12.2. The van der Waals surface area contributed by atoms with Crippen molar-refractivity contribution < 1.29 is 9.84 Å². The van der Waals surface area contributed by atoms with Crippen LogP contribution in [-0.2, 0) is 4.74 Å². The highest BCUT2D eigenvalue weighted by atomic mass is 16.5. The Balaban J connectivity index is 1.87. The van der Waals surface area contributed by atoms with Gasteiger partial charge in [0, 0.05) is 19.1 Å². The van der Waals surface area contributed by atoms with Crippen molar-refractivity contribution in [1.82, 2.24) is 4.98 Å². The summed E-state index contributed by atoms with van der Waals surface area (Å²) in [7, 11) is 0. The molecule has 0 aliphatic carbocycles. The minimum absolute atomic E-state index is 0.0293. The maximum Gasteiger partial charge on any atom is 0.0701 e. The zero-order valence-electron chi connectivity index (χ0n) is 12.2. The van der Waals surface area contributed by atoms with Crippen molar-refractivity contribution >= 4 is 5.69 Å². The van der Waals surface area contributed by atoms with Crippen LogP contribution in [0.25, 0.3) is 0 Å². The molecule has 1 aromatic heterocycles. The van der Waals surface area contributed by atoms with E-state index in [0.29, 0.717) is 6.61 Å². The van der Waals surface area contributed by atoms with E-state index in [1.165, 1.54) is 0 Å². The minimum atomic E-state index is 0.0293. The second-order valence-corrected chi connectivity index (χ2v) is 5.24. The zero-order chi connectivity index (χ0) is 14.4. The molecular formula is C15H25N3O2. The second kappa shape index (κ2) is 7.57. The largest absolute Gasteiger partial charge is 0.394 e. The highest BCUT2D eigenvalue weighted by Crippen LogP contribution is 2.22. The van der Waals surface area contributed by atoms with Gasteiger partial charge in [-0.2, -0.15) is 0 Å². The number of hydrogen-bond donors (Lipinski definition) is 2. The van der Waals surface area contributed by atoms with E-state index in [4.69, 9.17) is 15.6 Å². The normalized spacial score (nSPS) is 18.2. The number of rotatable bonds is 6. The van der Waals surface area contributed by atoms with Crippen LogP contribution in [-0.4, -0.2) is 42.5 Å². The van der Waals surface area contributed by atoms with Crippen LogP contribution in [0.5, 0.6) is 0 Å². The van der Waals surface area contributed by atoms with Gasteiger partial charge in [-0.15, -0.1) is 0 Å². The number of nitrogens with zero attached hydrogens (tertiary/aromatic N) is 2. The fourth-order valence-corrected chi connectivity index (χ4v) is 2.51. The van der Waals surface area contributed by atoms with Crippen LogP contribution in [0, 0.1) is 0 Å². The van der Waals surface area contributed by atoms with Crippen LogP contribution in [0.3, 0.4) is 0 Å². The minimum Gasteiger partial charge on any atom is -0.394 e. The lowest BCUT2D eigenvalue weighted by molar-refractivity contribution is 0.0159. The molecule has 0 saturated carbocycles. The molecule has 2 heterocycles. The molecule has 5 nitrogen and oxygen atoms in total. The summed E-state index contributed by atoms with van der Waals surface area (Å²) in [6.07, 6.45) is 5.09. The molecule has 1 aliphatic rings. The number of aromatic nitrogens is 1. The molecule has 2 rings (SSSR count). The topological polar surface area (TPSA) is 71.6 Å². The van der Waals surface area contributed by atoms with Gasteiger partial charge in [0.05, 0.1) is 36.9 Å².